The fourth-order valence-electron chi connectivity index (χ4n) is 1.98. The molecule has 2 N–H and O–H groups in total. The van der Waals surface area contributed by atoms with Crippen molar-refractivity contribution >= 4 is 52.1 Å². The lowest BCUT2D eigenvalue weighted by atomic mass is 10.0. The van der Waals surface area contributed by atoms with Crippen LogP contribution in [0.5, 0.6) is 0 Å². The molecule has 0 unspecified atom stereocenters. The summed E-state index contributed by atoms with van der Waals surface area (Å²) in [5, 5.41) is 6.66. The number of thiocarbonyl (C=S) groups is 1. The van der Waals surface area contributed by atoms with Crippen molar-refractivity contribution in [1.82, 2.24) is 5.32 Å². The van der Waals surface area contributed by atoms with E-state index in [2.05, 4.69) is 24.5 Å². The van der Waals surface area contributed by atoms with E-state index in [0.717, 1.165) is 0 Å². The molecule has 0 radical (unpaired) electrons. The van der Waals surface area contributed by atoms with Gasteiger partial charge in [0.1, 0.15) is 0 Å². The normalized spacial score (nSPS) is 10.5. The van der Waals surface area contributed by atoms with Crippen LogP contribution < -0.4 is 10.6 Å². The van der Waals surface area contributed by atoms with Gasteiger partial charge in [-0.2, -0.15) is 0 Å². The average molecular weight is 367 g/mol. The van der Waals surface area contributed by atoms with Crippen molar-refractivity contribution in [3.05, 3.63) is 63.6 Å². The van der Waals surface area contributed by atoms with E-state index in [0.29, 0.717) is 27.2 Å². The number of anilines is 1. The largest absolute Gasteiger partial charge is 0.332 e. The summed E-state index contributed by atoms with van der Waals surface area (Å²) in [5.41, 5.74) is 2.33. The first-order valence-electron chi connectivity index (χ1n) is 7.03. The topological polar surface area (TPSA) is 41.1 Å². The van der Waals surface area contributed by atoms with E-state index < -0.39 is 0 Å². The zero-order valence-electron chi connectivity index (χ0n) is 12.7. The van der Waals surface area contributed by atoms with Crippen LogP contribution in [0.2, 0.25) is 10.0 Å². The third-order valence-corrected chi connectivity index (χ3v) is 3.83. The molecule has 2 aromatic rings. The van der Waals surface area contributed by atoms with Crippen LogP contribution in [0, 0.1) is 0 Å². The van der Waals surface area contributed by atoms with Gasteiger partial charge in [0.15, 0.2) is 5.11 Å². The summed E-state index contributed by atoms with van der Waals surface area (Å²) in [4.78, 5) is 12.2. The first-order valence-corrected chi connectivity index (χ1v) is 8.20. The number of nitrogens with one attached hydrogen (secondary N) is 2. The zero-order chi connectivity index (χ0) is 17.0. The number of hydrogen-bond acceptors (Lipinski definition) is 2. The van der Waals surface area contributed by atoms with E-state index in [1.807, 2.05) is 12.1 Å². The van der Waals surface area contributed by atoms with E-state index in [1.165, 1.54) is 5.56 Å². The molecule has 0 aliphatic rings. The minimum Gasteiger partial charge on any atom is -0.332 e. The van der Waals surface area contributed by atoms with Crippen molar-refractivity contribution < 1.29 is 4.79 Å². The highest BCUT2D eigenvalue weighted by Crippen LogP contribution is 2.22. The molecule has 0 aliphatic heterocycles. The second kappa shape index (κ2) is 7.77. The van der Waals surface area contributed by atoms with Crippen LogP contribution in [0.15, 0.2) is 42.5 Å². The molecule has 0 fully saturated rings. The van der Waals surface area contributed by atoms with Crippen LogP contribution in [0.25, 0.3) is 0 Å². The molecule has 0 spiro atoms. The standard InChI is InChI=1S/C17H16Cl2N2OS/c1-10(2)11-3-5-12(6-4-11)16(22)21-17(23)20-15-8-13(18)7-14(19)9-15/h3-10H,1-2H3,(H2,20,21,22,23). The van der Waals surface area contributed by atoms with Gasteiger partial charge in [-0.15, -0.1) is 0 Å². The monoisotopic (exact) mass is 366 g/mol. The molecule has 0 aromatic heterocycles. The van der Waals surface area contributed by atoms with Crippen molar-refractivity contribution in [3.8, 4) is 0 Å². The van der Waals surface area contributed by atoms with Gasteiger partial charge >= 0.3 is 0 Å². The third-order valence-electron chi connectivity index (χ3n) is 3.19. The Morgan fingerprint density at radius 1 is 1.04 bits per heavy atom. The number of benzene rings is 2. The number of carbonyl (C=O) groups is 1. The van der Waals surface area contributed by atoms with Gasteiger partial charge in [-0.1, -0.05) is 49.2 Å². The number of rotatable bonds is 3. The summed E-state index contributed by atoms with van der Waals surface area (Å²) in [6.45, 7) is 4.20. The lowest BCUT2D eigenvalue weighted by molar-refractivity contribution is 0.0977. The van der Waals surface area contributed by atoms with Crippen molar-refractivity contribution in [1.29, 1.82) is 0 Å². The van der Waals surface area contributed by atoms with Crippen LogP contribution in [-0.4, -0.2) is 11.0 Å². The molecule has 3 nitrogen and oxygen atoms in total. The lowest BCUT2D eigenvalue weighted by Gasteiger charge is -2.11. The molecular formula is C17H16Cl2N2OS. The Kier molecular flexibility index (Phi) is 5.99. The Balaban J connectivity index is 2.00. The predicted molar refractivity (Wildman–Crippen MR) is 101 cm³/mol. The molecule has 2 aromatic carbocycles. The molecule has 0 saturated heterocycles. The molecule has 0 heterocycles. The minimum absolute atomic E-state index is 0.182. The van der Waals surface area contributed by atoms with E-state index >= 15 is 0 Å². The van der Waals surface area contributed by atoms with Crippen LogP contribution in [0.4, 0.5) is 5.69 Å². The number of amides is 1. The Morgan fingerprint density at radius 2 is 1.61 bits per heavy atom. The van der Waals surface area contributed by atoms with Gasteiger partial charge < -0.3 is 5.32 Å². The van der Waals surface area contributed by atoms with Crippen LogP contribution in [-0.2, 0) is 0 Å². The Morgan fingerprint density at radius 3 is 2.13 bits per heavy atom. The summed E-state index contributed by atoms with van der Waals surface area (Å²) in [7, 11) is 0. The van der Waals surface area contributed by atoms with Crippen molar-refractivity contribution in [3.63, 3.8) is 0 Å². The summed E-state index contributed by atoms with van der Waals surface area (Å²) in [6, 6.07) is 12.4. The van der Waals surface area contributed by atoms with Crippen molar-refractivity contribution in [2.45, 2.75) is 19.8 Å². The summed E-state index contributed by atoms with van der Waals surface area (Å²) in [6.07, 6.45) is 0. The van der Waals surface area contributed by atoms with E-state index in [9.17, 15) is 4.79 Å². The zero-order valence-corrected chi connectivity index (χ0v) is 15.0. The van der Waals surface area contributed by atoms with Gasteiger partial charge in [0.05, 0.1) is 0 Å². The average Bonchev–Trinajstić information content (AvgIpc) is 2.45. The molecule has 0 saturated carbocycles. The van der Waals surface area contributed by atoms with Gasteiger partial charge in [-0.05, 0) is 54.0 Å². The van der Waals surface area contributed by atoms with E-state index in [1.54, 1.807) is 30.3 Å². The third kappa shape index (κ3) is 5.20. The fraction of sp³-hybridized carbons (Fsp3) is 0.176. The van der Waals surface area contributed by atoms with Gasteiger partial charge in [-0.25, -0.2) is 0 Å². The molecule has 120 valence electrons. The molecule has 6 heteroatoms. The lowest BCUT2D eigenvalue weighted by Crippen LogP contribution is -2.34. The molecule has 0 bridgehead atoms. The molecule has 23 heavy (non-hydrogen) atoms. The fourth-order valence-corrected chi connectivity index (χ4v) is 2.72. The molecule has 0 atom stereocenters. The van der Waals surface area contributed by atoms with Crippen LogP contribution in [0.3, 0.4) is 0 Å². The summed E-state index contributed by atoms with van der Waals surface area (Å²) < 4.78 is 0. The molecule has 2 rings (SSSR count). The van der Waals surface area contributed by atoms with Crippen LogP contribution >= 0.6 is 35.4 Å². The molecule has 1 amide bonds. The highest BCUT2D eigenvalue weighted by atomic mass is 35.5. The van der Waals surface area contributed by atoms with Gasteiger partial charge in [0.25, 0.3) is 5.91 Å². The van der Waals surface area contributed by atoms with Gasteiger partial charge in [0.2, 0.25) is 0 Å². The molecular weight excluding hydrogens is 351 g/mol. The SMILES string of the molecule is CC(C)c1ccc(C(=O)NC(=S)Nc2cc(Cl)cc(Cl)c2)cc1. The minimum atomic E-state index is -0.272. The maximum atomic E-state index is 12.2. The quantitative estimate of drug-likeness (QED) is 0.729. The molecule has 0 aliphatic carbocycles. The maximum Gasteiger partial charge on any atom is 0.257 e. The predicted octanol–water partition coefficient (Wildman–Crippen LogP) is 5.24. The number of carbonyl (C=O) groups excluding carboxylic acids is 1. The van der Waals surface area contributed by atoms with E-state index in [-0.39, 0.29) is 11.0 Å². The van der Waals surface area contributed by atoms with Crippen molar-refractivity contribution in [2.75, 3.05) is 5.32 Å². The van der Waals surface area contributed by atoms with Crippen molar-refractivity contribution in [2.24, 2.45) is 0 Å². The Labute approximate surface area is 151 Å². The van der Waals surface area contributed by atoms with Gasteiger partial charge in [0, 0.05) is 21.3 Å². The van der Waals surface area contributed by atoms with Crippen LogP contribution in [0.1, 0.15) is 35.7 Å². The smallest absolute Gasteiger partial charge is 0.257 e. The first-order chi connectivity index (χ1) is 10.8. The Bertz CT molecular complexity index is 710. The highest BCUT2D eigenvalue weighted by molar-refractivity contribution is 7.80. The highest BCUT2D eigenvalue weighted by Gasteiger charge is 2.09. The first kappa shape index (κ1) is 17.7. The summed E-state index contributed by atoms with van der Waals surface area (Å²) in [5.74, 6) is 0.147. The number of halogens is 2. The second-order valence-electron chi connectivity index (χ2n) is 5.34. The Hall–Kier alpha value is -1.62. The summed E-state index contributed by atoms with van der Waals surface area (Å²) >= 11 is 17.0. The second-order valence-corrected chi connectivity index (χ2v) is 6.62. The van der Waals surface area contributed by atoms with Gasteiger partial charge in [-0.3, -0.25) is 10.1 Å². The van der Waals surface area contributed by atoms with E-state index in [4.69, 9.17) is 35.4 Å². The number of hydrogen-bond donors (Lipinski definition) is 2. The maximum absolute atomic E-state index is 12.2.